The number of hydrogen-bond acceptors (Lipinski definition) is 6. The van der Waals surface area contributed by atoms with E-state index in [1.807, 2.05) is 0 Å². The summed E-state index contributed by atoms with van der Waals surface area (Å²) in [4.78, 5) is 14.9. The van der Waals surface area contributed by atoms with Crippen molar-refractivity contribution < 1.29 is 19.4 Å². The second-order valence-corrected chi connectivity index (χ2v) is 4.60. The predicted octanol–water partition coefficient (Wildman–Crippen LogP) is 1.44. The second kappa shape index (κ2) is 6.34. The number of rotatable bonds is 6. The molecule has 0 fully saturated rings. The van der Waals surface area contributed by atoms with E-state index in [4.69, 9.17) is 15.0 Å². The molecule has 1 aliphatic heterocycles. The number of benzene rings is 1. The maximum atomic E-state index is 12.2. The molecule has 112 valence electrons. The fourth-order valence-corrected chi connectivity index (χ4v) is 2.30. The van der Waals surface area contributed by atoms with Gasteiger partial charge >= 0.3 is 5.97 Å². The number of methoxy groups -OCH3 is 1. The van der Waals surface area contributed by atoms with E-state index >= 15 is 0 Å². The van der Waals surface area contributed by atoms with Crippen molar-refractivity contribution in [3.8, 4) is 11.5 Å². The lowest BCUT2D eigenvalue weighted by Gasteiger charge is -2.26. The van der Waals surface area contributed by atoms with E-state index in [0.29, 0.717) is 30.8 Å². The number of carbonyl (C=O) groups excluding carboxylic acids is 1. The molecular formula is C13H16N4O4. The minimum Gasteiger partial charge on any atom is -0.508 e. The van der Waals surface area contributed by atoms with Crippen LogP contribution in [0, 0.1) is 0 Å². The minimum absolute atomic E-state index is 0.0674. The van der Waals surface area contributed by atoms with Crippen molar-refractivity contribution in [1.82, 2.24) is 5.32 Å². The summed E-state index contributed by atoms with van der Waals surface area (Å²) in [5.41, 5.74) is 7.75. The highest BCUT2D eigenvalue weighted by molar-refractivity contribution is 5.85. The summed E-state index contributed by atoms with van der Waals surface area (Å²) >= 11 is 0. The molecule has 8 nitrogen and oxygen atoms in total. The fraction of sp³-hybridized carbons (Fsp3) is 0.462. The van der Waals surface area contributed by atoms with Crippen LogP contribution in [0.15, 0.2) is 23.3 Å². The maximum absolute atomic E-state index is 12.2. The summed E-state index contributed by atoms with van der Waals surface area (Å²) < 4.78 is 10.4. The van der Waals surface area contributed by atoms with Gasteiger partial charge < -0.3 is 14.6 Å². The van der Waals surface area contributed by atoms with Crippen molar-refractivity contribution >= 4 is 5.97 Å². The third-order valence-corrected chi connectivity index (χ3v) is 3.33. The van der Waals surface area contributed by atoms with Gasteiger partial charge in [0.15, 0.2) is 5.54 Å². The Morgan fingerprint density at radius 2 is 2.48 bits per heavy atom. The van der Waals surface area contributed by atoms with Gasteiger partial charge in [0.2, 0.25) is 0 Å². The molecule has 0 spiro atoms. The lowest BCUT2D eigenvalue weighted by atomic mass is 9.91. The number of carbonyl (C=O) groups is 1. The van der Waals surface area contributed by atoms with E-state index in [-0.39, 0.29) is 12.4 Å². The summed E-state index contributed by atoms with van der Waals surface area (Å²) in [6, 6.07) is 4.59. The zero-order valence-corrected chi connectivity index (χ0v) is 11.6. The minimum atomic E-state index is -1.10. The van der Waals surface area contributed by atoms with Crippen LogP contribution in [0.2, 0.25) is 0 Å². The molecule has 1 heterocycles. The Labute approximate surface area is 121 Å². The number of ether oxygens (including phenoxy) is 2. The van der Waals surface area contributed by atoms with Crippen LogP contribution in [0.4, 0.5) is 0 Å². The fourth-order valence-electron chi connectivity index (χ4n) is 2.30. The summed E-state index contributed by atoms with van der Waals surface area (Å²) in [6.07, 6.45) is 0.580. The molecule has 2 rings (SSSR count). The molecule has 1 aromatic rings. The van der Waals surface area contributed by atoms with Gasteiger partial charge in [0.1, 0.15) is 18.1 Å². The first-order chi connectivity index (χ1) is 10.1. The number of phenolic OH excluding ortho intramolecular Hbond substituents is 1. The Hall–Kier alpha value is -2.44. The zero-order valence-electron chi connectivity index (χ0n) is 11.6. The first-order valence-corrected chi connectivity index (χ1v) is 6.44. The Balaban J connectivity index is 2.21. The van der Waals surface area contributed by atoms with Crippen LogP contribution in [-0.4, -0.2) is 37.9 Å². The van der Waals surface area contributed by atoms with Gasteiger partial charge in [-0.2, -0.15) is 0 Å². The van der Waals surface area contributed by atoms with Gasteiger partial charge in [0.05, 0.1) is 7.11 Å². The van der Waals surface area contributed by atoms with Gasteiger partial charge in [-0.1, -0.05) is 5.11 Å². The number of aromatic hydroxyl groups is 1. The molecule has 0 saturated heterocycles. The molecule has 0 aromatic heterocycles. The molecule has 2 N–H and O–H groups in total. The largest absolute Gasteiger partial charge is 0.508 e. The van der Waals surface area contributed by atoms with Crippen LogP contribution in [0.3, 0.4) is 0 Å². The molecule has 0 saturated carbocycles. The highest BCUT2D eigenvalue weighted by Gasteiger charge is 2.48. The smallest absolute Gasteiger partial charge is 0.334 e. The van der Waals surface area contributed by atoms with Gasteiger partial charge in [-0.3, -0.25) is 5.32 Å². The molecule has 8 heteroatoms. The standard InChI is InChI=1S/C13H16N4O4/c1-20-12(19)13(15-5-2-6-16-17-14)8-21-11-7-9(18)3-4-10(11)13/h3-4,7,15,18H,2,5-6,8H2,1H3. The highest BCUT2D eigenvalue weighted by Crippen LogP contribution is 2.39. The van der Waals surface area contributed by atoms with Gasteiger partial charge in [0, 0.05) is 23.1 Å². The number of fused-ring (bicyclic) bond motifs is 1. The zero-order chi connectivity index (χ0) is 15.3. The van der Waals surface area contributed by atoms with Gasteiger partial charge in [0.25, 0.3) is 0 Å². The monoisotopic (exact) mass is 292 g/mol. The first-order valence-electron chi connectivity index (χ1n) is 6.44. The van der Waals surface area contributed by atoms with Crippen molar-refractivity contribution in [2.45, 2.75) is 12.0 Å². The van der Waals surface area contributed by atoms with Crippen LogP contribution in [0.5, 0.6) is 11.5 Å². The normalized spacial score (nSPS) is 19.3. The topological polar surface area (TPSA) is 117 Å². The summed E-state index contributed by atoms with van der Waals surface area (Å²) in [6.45, 7) is 0.877. The number of nitrogens with zero attached hydrogens (tertiary/aromatic N) is 3. The first kappa shape index (κ1) is 15.0. The van der Waals surface area contributed by atoms with E-state index in [0.717, 1.165) is 0 Å². The molecule has 1 atom stereocenters. The Kier molecular flexibility index (Phi) is 4.52. The van der Waals surface area contributed by atoms with Crippen molar-refractivity contribution in [1.29, 1.82) is 0 Å². The number of azide groups is 1. The number of nitrogens with one attached hydrogen (secondary N) is 1. The molecule has 21 heavy (non-hydrogen) atoms. The SMILES string of the molecule is COC(=O)C1(NCCCN=[N+]=[N-])COc2cc(O)ccc21. The molecule has 0 radical (unpaired) electrons. The Morgan fingerprint density at radius 1 is 1.67 bits per heavy atom. The van der Waals surface area contributed by atoms with Crippen LogP contribution in [0.1, 0.15) is 12.0 Å². The lowest BCUT2D eigenvalue weighted by molar-refractivity contribution is -0.149. The van der Waals surface area contributed by atoms with Crippen molar-refractivity contribution in [2.75, 3.05) is 26.8 Å². The summed E-state index contributed by atoms with van der Waals surface area (Å²) in [5.74, 6) is 0.0523. The molecule has 0 aliphatic carbocycles. The summed E-state index contributed by atoms with van der Waals surface area (Å²) in [7, 11) is 1.31. The number of esters is 1. The van der Waals surface area contributed by atoms with Crippen molar-refractivity contribution in [3.05, 3.63) is 34.2 Å². The molecule has 0 amide bonds. The third kappa shape index (κ3) is 2.86. The van der Waals surface area contributed by atoms with E-state index in [1.165, 1.54) is 19.2 Å². The quantitative estimate of drug-likeness (QED) is 0.270. The molecule has 1 aliphatic rings. The Bertz CT molecular complexity index is 586. The van der Waals surface area contributed by atoms with Crippen LogP contribution in [-0.2, 0) is 15.1 Å². The molecular weight excluding hydrogens is 276 g/mol. The lowest BCUT2D eigenvalue weighted by Crippen LogP contribution is -2.51. The average Bonchev–Trinajstić information content (AvgIpc) is 2.85. The second-order valence-electron chi connectivity index (χ2n) is 4.60. The summed E-state index contributed by atoms with van der Waals surface area (Å²) in [5, 5.41) is 16.0. The van der Waals surface area contributed by atoms with Gasteiger partial charge in [-0.05, 0) is 30.6 Å². The van der Waals surface area contributed by atoms with Crippen LogP contribution in [0.25, 0.3) is 10.4 Å². The highest BCUT2D eigenvalue weighted by atomic mass is 16.5. The Morgan fingerprint density at radius 3 is 3.19 bits per heavy atom. The third-order valence-electron chi connectivity index (χ3n) is 3.33. The van der Waals surface area contributed by atoms with E-state index < -0.39 is 11.5 Å². The average molecular weight is 292 g/mol. The number of phenols is 1. The molecule has 0 bridgehead atoms. The van der Waals surface area contributed by atoms with Crippen LogP contribution < -0.4 is 10.1 Å². The maximum Gasteiger partial charge on any atom is 0.334 e. The van der Waals surface area contributed by atoms with E-state index in [9.17, 15) is 9.90 Å². The van der Waals surface area contributed by atoms with Crippen molar-refractivity contribution in [3.63, 3.8) is 0 Å². The predicted molar refractivity (Wildman–Crippen MR) is 73.9 cm³/mol. The molecule has 1 aromatic carbocycles. The van der Waals surface area contributed by atoms with Gasteiger partial charge in [-0.15, -0.1) is 0 Å². The van der Waals surface area contributed by atoms with Gasteiger partial charge in [-0.25, -0.2) is 4.79 Å². The van der Waals surface area contributed by atoms with Crippen molar-refractivity contribution in [2.24, 2.45) is 5.11 Å². The number of hydrogen-bond donors (Lipinski definition) is 2. The molecule has 1 unspecified atom stereocenters. The van der Waals surface area contributed by atoms with E-state index in [1.54, 1.807) is 6.07 Å². The van der Waals surface area contributed by atoms with E-state index in [2.05, 4.69) is 15.3 Å². The van der Waals surface area contributed by atoms with Crippen LogP contribution >= 0.6 is 0 Å².